The lowest BCUT2D eigenvalue weighted by Crippen LogP contribution is -2.26. The third kappa shape index (κ3) is 4.06. The number of ether oxygens (including phenoxy) is 1. The summed E-state index contributed by atoms with van der Waals surface area (Å²) in [4.78, 5) is 10.8. The standard InChI is InChI=1S/C14H24N4O/c1-4-7-15-13-11(2)14(17-10-16-13)19-9-8-18(3)12-5-6-12/h10,12H,4-9H2,1-3H3,(H,15,16,17). The van der Waals surface area contributed by atoms with Gasteiger partial charge in [-0.05, 0) is 33.2 Å². The summed E-state index contributed by atoms with van der Waals surface area (Å²) in [6, 6.07) is 0.775. The third-order valence-corrected chi connectivity index (χ3v) is 3.43. The number of anilines is 1. The van der Waals surface area contributed by atoms with Crippen LogP contribution >= 0.6 is 0 Å². The zero-order valence-electron chi connectivity index (χ0n) is 12.1. The Hall–Kier alpha value is -1.36. The summed E-state index contributed by atoms with van der Waals surface area (Å²) in [5.41, 5.74) is 0.991. The van der Waals surface area contributed by atoms with Crippen LogP contribution in [0.25, 0.3) is 0 Å². The van der Waals surface area contributed by atoms with Gasteiger partial charge in [0.15, 0.2) is 0 Å². The van der Waals surface area contributed by atoms with Crippen molar-refractivity contribution in [3.05, 3.63) is 11.9 Å². The van der Waals surface area contributed by atoms with E-state index in [1.165, 1.54) is 12.8 Å². The second-order valence-electron chi connectivity index (χ2n) is 5.14. The first-order valence-corrected chi connectivity index (χ1v) is 7.11. The van der Waals surface area contributed by atoms with Crippen molar-refractivity contribution in [2.45, 2.75) is 39.2 Å². The molecule has 0 bridgehead atoms. The van der Waals surface area contributed by atoms with Gasteiger partial charge in [0.05, 0.1) is 5.56 Å². The van der Waals surface area contributed by atoms with Crippen LogP contribution in [-0.2, 0) is 0 Å². The molecule has 0 radical (unpaired) electrons. The number of rotatable bonds is 8. The molecule has 0 amide bonds. The van der Waals surface area contributed by atoms with Crippen LogP contribution in [0.1, 0.15) is 31.7 Å². The van der Waals surface area contributed by atoms with Crippen LogP contribution in [0.5, 0.6) is 5.88 Å². The molecule has 2 rings (SSSR count). The van der Waals surface area contributed by atoms with Crippen molar-refractivity contribution < 1.29 is 4.74 Å². The minimum Gasteiger partial charge on any atom is -0.476 e. The lowest BCUT2D eigenvalue weighted by molar-refractivity contribution is 0.225. The molecular weight excluding hydrogens is 240 g/mol. The Morgan fingerprint density at radius 2 is 2.21 bits per heavy atom. The molecule has 0 aliphatic heterocycles. The van der Waals surface area contributed by atoms with Gasteiger partial charge >= 0.3 is 0 Å². The van der Waals surface area contributed by atoms with Crippen molar-refractivity contribution in [3.63, 3.8) is 0 Å². The molecule has 5 nitrogen and oxygen atoms in total. The monoisotopic (exact) mass is 264 g/mol. The summed E-state index contributed by atoms with van der Waals surface area (Å²) >= 11 is 0. The maximum Gasteiger partial charge on any atom is 0.221 e. The Kier molecular flexibility index (Phi) is 4.96. The number of nitrogens with one attached hydrogen (secondary N) is 1. The van der Waals surface area contributed by atoms with E-state index in [1.807, 2.05) is 6.92 Å². The molecular formula is C14H24N4O. The van der Waals surface area contributed by atoms with Gasteiger partial charge in [0.1, 0.15) is 18.8 Å². The van der Waals surface area contributed by atoms with Gasteiger partial charge in [-0.2, -0.15) is 0 Å². The number of hydrogen-bond donors (Lipinski definition) is 1. The van der Waals surface area contributed by atoms with E-state index in [1.54, 1.807) is 6.33 Å². The Labute approximate surface area is 115 Å². The molecule has 1 saturated carbocycles. The van der Waals surface area contributed by atoms with E-state index in [0.29, 0.717) is 12.5 Å². The molecule has 1 aromatic rings. The Balaban J connectivity index is 1.84. The molecule has 0 aromatic carbocycles. The quantitative estimate of drug-likeness (QED) is 0.779. The second kappa shape index (κ2) is 6.70. The van der Waals surface area contributed by atoms with E-state index in [4.69, 9.17) is 4.74 Å². The molecule has 19 heavy (non-hydrogen) atoms. The van der Waals surface area contributed by atoms with Gasteiger partial charge in [0, 0.05) is 19.1 Å². The first kappa shape index (κ1) is 14.1. The maximum absolute atomic E-state index is 5.77. The van der Waals surface area contributed by atoms with Crippen LogP contribution in [0.2, 0.25) is 0 Å². The Morgan fingerprint density at radius 1 is 1.42 bits per heavy atom. The molecule has 1 heterocycles. The average Bonchev–Trinajstić information content (AvgIpc) is 3.23. The van der Waals surface area contributed by atoms with E-state index in [-0.39, 0.29) is 0 Å². The minimum absolute atomic E-state index is 0.679. The number of likely N-dealkylation sites (N-methyl/N-ethyl adjacent to an activating group) is 1. The fourth-order valence-corrected chi connectivity index (χ4v) is 1.99. The van der Waals surface area contributed by atoms with E-state index >= 15 is 0 Å². The number of aromatic nitrogens is 2. The summed E-state index contributed by atoms with van der Waals surface area (Å²) in [6.45, 7) is 6.68. The minimum atomic E-state index is 0.679. The van der Waals surface area contributed by atoms with Crippen molar-refractivity contribution >= 4 is 5.82 Å². The van der Waals surface area contributed by atoms with Gasteiger partial charge in [-0.1, -0.05) is 6.92 Å². The Bertz CT molecular complexity index is 406. The zero-order chi connectivity index (χ0) is 13.7. The molecule has 5 heteroatoms. The predicted octanol–water partition coefficient (Wildman–Crippen LogP) is 2.08. The van der Waals surface area contributed by atoms with Crippen LogP contribution in [0.3, 0.4) is 0 Å². The molecule has 1 aromatic heterocycles. The average molecular weight is 264 g/mol. The molecule has 1 N–H and O–H groups in total. The predicted molar refractivity (Wildman–Crippen MR) is 76.7 cm³/mol. The maximum atomic E-state index is 5.77. The molecule has 1 aliphatic carbocycles. The molecule has 1 aliphatic rings. The highest BCUT2D eigenvalue weighted by molar-refractivity contribution is 5.47. The summed E-state index contributed by atoms with van der Waals surface area (Å²) in [7, 11) is 2.15. The van der Waals surface area contributed by atoms with Crippen LogP contribution in [0, 0.1) is 6.92 Å². The normalized spacial score (nSPS) is 14.7. The van der Waals surface area contributed by atoms with Gasteiger partial charge in [0.2, 0.25) is 5.88 Å². The first-order valence-electron chi connectivity index (χ1n) is 7.11. The fraction of sp³-hybridized carbons (Fsp3) is 0.714. The molecule has 1 fully saturated rings. The topological polar surface area (TPSA) is 50.3 Å². The first-order chi connectivity index (χ1) is 9.22. The highest BCUT2D eigenvalue weighted by Crippen LogP contribution is 2.25. The van der Waals surface area contributed by atoms with E-state index in [0.717, 1.165) is 36.9 Å². The van der Waals surface area contributed by atoms with Gasteiger partial charge in [-0.25, -0.2) is 9.97 Å². The van der Waals surface area contributed by atoms with Gasteiger partial charge in [-0.3, -0.25) is 0 Å². The van der Waals surface area contributed by atoms with Crippen molar-refractivity contribution in [2.75, 3.05) is 32.1 Å². The van der Waals surface area contributed by atoms with Crippen molar-refractivity contribution in [1.29, 1.82) is 0 Å². The summed E-state index contributed by atoms with van der Waals surface area (Å²) in [5.74, 6) is 1.57. The van der Waals surface area contributed by atoms with Crippen LogP contribution in [0.15, 0.2) is 6.33 Å². The highest BCUT2D eigenvalue weighted by atomic mass is 16.5. The summed E-state index contributed by atoms with van der Waals surface area (Å²) in [5, 5.41) is 3.29. The van der Waals surface area contributed by atoms with Crippen molar-refractivity contribution in [1.82, 2.24) is 14.9 Å². The SMILES string of the molecule is CCCNc1ncnc(OCCN(C)C2CC2)c1C. The van der Waals surface area contributed by atoms with Crippen LogP contribution in [-0.4, -0.2) is 47.7 Å². The smallest absolute Gasteiger partial charge is 0.221 e. The van der Waals surface area contributed by atoms with Crippen LogP contribution < -0.4 is 10.1 Å². The molecule has 0 spiro atoms. The molecule has 106 valence electrons. The van der Waals surface area contributed by atoms with Crippen LogP contribution in [0.4, 0.5) is 5.82 Å². The van der Waals surface area contributed by atoms with E-state index in [9.17, 15) is 0 Å². The fourth-order valence-electron chi connectivity index (χ4n) is 1.99. The van der Waals surface area contributed by atoms with Gasteiger partial charge in [0.25, 0.3) is 0 Å². The van der Waals surface area contributed by atoms with E-state index < -0.39 is 0 Å². The molecule has 0 saturated heterocycles. The van der Waals surface area contributed by atoms with Gasteiger partial charge in [-0.15, -0.1) is 0 Å². The van der Waals surface area contributed by atoms with E-state index in [2.05, 4.69) is 34.2 Å². The highest BCUT2D eigenvalue weighted by Gasteiger charge is 2.25. The largest absolute Gasteiger partial charge is 0.476 e. The van der Waals surface area contributed by atoms with Crippen molar-refractivity contribution in [3.8, 4) is 5.88 Å². The van der Waals surface area contributed by atoms with Gasteiger partial charge < -0.3 is 15.0 Å². The third-order valence-electron chi connectivity index (χ3n) is 3.43. The lowest BCUT2D eigenvalue weighted by atomic mass is 10.3. The Morgan fingerprint density at radius 3 is 2.89 bits per heavy atom. The summed E-state index contributed by atoms with van der Waals surface area (Å²) < 4.78 is 5.77. The lowest BCUT2D eigenvalue weighted by Gasteiger charge is -2.16. The molecule has 0 unspecified atom stereocenters. The summed E-state index contributed by atoms with van der Waals surface area (Å²) in [6.07, 6.45) is 5.29. The number of hydrogen-bond acceptors (Lipinski definition) is 5. The second-order valence-corrected chi connectivity index (χ2v) is 5.14. The number of nitrogens with zero attached hydrogens (tertiary/aromatic N) is 3. The van der Waals surface area contributed by atoms with Crippen molar-refractivity contribution in [2.24, 2.45) is 0 Å². The molecule has 0 atom stereocenters. The zero-order valence-corrected chi connectivity index (χ0v) is 12.1.